The summed E-state index contributed by atoms with van der Waals surface area (Å²) in [6.07, 6.45) is 0.608. The Morgan fingerprint density at radius 2 is 2.06 bits per heavy atom. The standard InChI is InChI=1S/C22H22N2O4S3/c1-14-7-8-19(28-2)17(11-14)18-12-29-22(23-18)24-21(25)16-5-3-4-6-20(16)30-15-9-10-31(26,27)13-15/h3-8,11-12,15H,9-10,13H2,1-2H3,(H,23,24,25). The Labute approximate surface area is 190 Å². The number of aromatic nitrogens is 1. The zero-order valence-corrected chi connectivity index (χ0v) is 19.6. The number of methoxy groups -OCH3 is 1. The van der Waals surface area contributed by atoms with E-state index in [9.17, 15) is 13.2 Å². The molecule has 31 heavy (non-hydrogen) atoms. The molecule has 1 unspecified atom stereocenters. The molecule has 1 aliphatic rings. The SMILES string of the molecule is COc1ccc(C)cc1-c1csc(NC(=O)c2ccccc2SC2CCS(=O)(=O)C2)n1. The van der Waals surface area contributed by atoms with Gasteiger partial charge in [-0.2, -0.15) is 0 Å². The Balaban J connectivity index is 1.52. The number of thioether (sulfide) groups is 1. The molecule has 0 saturated carbocycles. The lowest BCUT2D eigenvalue weighted by Crippen LogP contribution is -2.14. The van der Waals surface area contributed by atoms with Crippen LogP contribution < -0.4 is 10.1 Å². The number of amides is 1. The predicted molar refractivity (Wildman–Crippen MR) is 126 cm³/mol. The normalized spacial score (nSPS) is 17.4. The Morgan fingerprint density at radius 3 is 2.81 bits per heavy atom. The molecule has 1 saturated heterocycles. The van der Waals surface area contributed by atoms with Gasteiger partial charge in [-0.25, -0.2) is 13.4 Å². The van der Waals surface area contributed by atoms with Gasteiger partial charge in [-0.1, -0.05) is 23.8 Å². The fourth-order valence-corrected chi connectivity index (χ4v) is 7.76. The molecule has 0 bridgehead atoms. The van der Waals surface area contributed by atoms with E-state index in [4.69, 9.17) is 4.74 Å². The molecule has 1 fully saturated rings. The number of hydrogen-bond acceptors (Lipinski definition) is 7. The van der Waals surface area contributed by atoms with Crippen molar-refractivity contribution < 1.29 is 17.9 Å². The molecule has 3 aromatic rings. The van der Waals surface area contributed by atoms with Crippen LogP contribution in [0.1, 0.15) is 22.3 Å². The van der Waals surface area contributed by atoms with Crippen molar-refractivity contribution >= 4 is 44.0 Å². The van der Waals surface area contributed by atoms with Crippen LogP contribution in [0.2, 0.25) is 0 Å². The van der Waals surface area contributed by atoms with Gasteiger partial charge in [-0.15, -0.1) is 23.1 Å². The molecule has 4 rings (SSSR count). The van der Waals surface area contributed by atoms with E-state index in [1.165, 1.54) is 23.1 Å². The topological polar surface area (TPSA) is 85.4 Å². The minimum atomic E-state index is -2.97. The Hall–Kier alpha value is -2.36. The van der Waals surface area contributed by atoms with Gasteiger partial charge in [-0.05, 0) is 37.6 Å². The highest BCUT2D eigenvalue weighted by Gasteiger charge is 2.29. The van der Waals surface area contributed by atoms with Crippen LogP contribution in [0.3, 0.4) is 0 Å². The van der Waals surface area contributed by atoms with Crippen LogP contribution in [0, 0.1) is 6.92 Å². The number of nitrogens with one attached hydrogen (secondary N) is 1. The van der Waals surface area contributed by atoms with Crippen molar-refractivity contribution in [2.24, 2.45) is 0 Å². The van der Waals surface area contributed by atoms with Crippen LogP contribution in [0.5, 0.6) is 5.75 Å². The fourth-order valence-electron chi connectivity index (χ4n) is 3.43. The molecular formula is C22H22N2O4S3. The van der Waals surface area contributed by atoms with Crippen molar-refractivity contribution in [3.05, 3.63) is 59.0 Å². The maximum Gasteiger partial charge on any atom is 0.258 e. The van der Waals surface area contributed by atoms with Crippen LogP contribution in [-0.2, 0) is 9.84 Å². The maximum absolute atomic E-state index is 13.0. The number of anilines is 1. The average Bonchev–Trinajstić information content (AvgIpc) is 3.34. The van der Waals surface area contributed by atoms with Crippen molar-refractivity contribution in [1.82, 2.24) is 4.98 Å². The van der Waals surface area contributed by atoms with E-state index < -0.39 is 9.84 Å². The van der Waals surface area contributed by atoms with Gasteiger partial charge in [0, 0.05) is 21.1 Å². The van der Waals surface area contributed by atoms with E-state index in [0.29, 0.717) is 17.1 Å². The van der Waals surface area contributed by atoms with Crippen molar-refractivity contribution in [2.75, 3.05) is 23.9 Å². The number of nitrogens with zero attached hydrogens (tertiary/aromatic N) is 1. The van der Waals surface area contributed by atoms with E-state index in [-0.39, 0.29) is 22.7 Å². The van der Waals surface area contributed by atoms with Gasteiger partial charge >= 0.3 is 0 Å². The molecular weight excluding hydrogens is 452 g/mol. The van der Waals surface area contributed by atoms with E-state index in [0.717, 1.165) is 27.5 Å². The van der Waals surface area contributed by atoms with Gasteiger partial charge in [0.1, 0.15) is 5.75 Å². The van der Waals surface area contributed by atoms with Gasteiger partial charge in [0.05, 0.1) is 29.9 Å². The van der Waals surface area contributed by atoms with Gasteiger partial charge in [0.25, 0.3) is 5.91 Å². The lowest BCUT2D eigenvalue weighted by Gasteiger charge is -2.12. The Bertz CT molecular complexity index is 1220. The van der Waals surface area contributed by atoms with Crippen LogP contribution in [0.15, 0.2) is 52.7 Å². The summed E-state index contributed by atoms with van der Waals surface area (Å²) in [7, 11) is -1.35. The summed E-state index contributed by atoms with van der Waals surface area (Å²) >= 11 is 2.80. The Morgan fingerprint density at radius 1 is 1.26 bits per heavy atom. The monoisotopic (exact) mass is 474 g/mol. The average molecular weight is 475 g/mol. The summed E-state index contributed by atoms with van der Waals surface area (Å²) < 4.78 is 29.0. The van der Waals surface area contributed by atoms with E-state index in [1.807, 2.05) is 42.6 Å². The van der Waals surface area contributed by atoms with E-state index in [1.54, 1.807) is 19.2 Å². The molecule has 162 valence electrons. The third-order valence-corrected chi connectivity index (χ3v) is 9.05. The molecule has 9 heteroatoms. The highest BCUT2D eigenvalue weighted by atomic mass is 32.2. The van der Waals surface area contributed by atoms with Crippen LogP contribution in [-0.4, -0.2) is 43.2 Å². The van der Waals surface area contributed by atoms with Crippen molar-refractivity contribution in [1.29, 1.82) is 0 Å². The molecule has 0 aliphatic carbocycles. The molecule has 2 aromatic carbocycles. The smallest absolute Gasteiger partial charge is 0.258 e. The quantitative estimate of drug-likeness (QED) is 0.559. The maximum atomic E-state index is 13.0. The largest absolute Gasteiger partial charge is 0.496 e. The first-order valence-corrected chi connectivity index (χ1v) is 13.3. The first-order valence-electron chi connectivity index (χ1n) is 9.72. The van der Waals surface area contributed by atoms with Gasteiger partial charge in [0.2, 0.25) is 0 Å². The number of rotatable bonds is 6. The highest BCUT2D eigenvalue weighted by Crippen LogP contribution is 2.35. The van der Waals surface area contributed by atoms with E-state index in [2.05, 4.69) is 10.3 Å². The number of benzene rings is 2. The molecule has 6 nitrogen and oxygen atoms in total. The summed E-state index contributed by atoms with van der Waals surface area (Å²) in [6.45, 7) is 2.00. The first kappa shape index (κ1) is 21.9. The predicted octanol–water partition coefficient (Wildman–Crippen LogP) is 4.66. The summed E-state index contributed by atoms with van der Waals surface area (Å²) in [5, 5.41) is 5.23. The van der Waals surface area contributed by atoms with Crippen molar-refractivity contribution in [3.8, 4) is 17.0 Å². The second kappa shape index (κ2) is 9.02. The third kappa shape index (κ3) is 5.11. The number of ether oxygens (including phenoxy) is 1. The number of hydrogen-bond donors (Lipinski definition) is 1. The Kier molecular flexibility index (Phi) is 6.36. The molecule has 1 atom stereocenters. The number of sulfone groups is 1. The second-order valence-electron chi connectivity index (χ2n) is 7.33. The summed E-state index contributed by atoms with van der Waals surface area (Å²) in [4.78, 5) is 18.3. The third-order valence-electron chi connectivity index (χ3n) is 4.97. The van der Waals surface area contributed by atoms with Crippen LogP contribution in [0.4, 0.5) is 5.13 Å². The van der Waals surface area contributed by atoms with Crippen molar-refractivity contribution in [2.45, 2.75) is 23.5 Å². The lowest BCUT2D eigenvalue weighted by molar-refractivity contribution is 0.102. The zero-order chi connectivity index (χ0) is 22.0. The summed E-state index contributed by atoms with van der Waals surface area (Å²) in [5.41, 5.74) is 3.22. The molecule has 2 heterocycles. The minimum Gasteiger partial charge on any atom is -0.496 e. The minimum absolute atomic E-state index is 0.0285. The molecule has 1 aliphatic heterocycles. The second-order valence-corrected chi connectivity index (χ2v) is 11.8. The van der Waals surface area contributed by atoms with E-state index >= 15 is 0 Å². The molecule has 1 N–H and O–H groups in total. The van der Waals surface area contributed by atoms with Crippen LogP contribution >= 0.6 is 23.1 Å². The zero-order valence-electron chi connectivity index (χ0n) is 17.1. The number of carbonyl (C=O) groups is 1. The van der Waals surface area contributed by atoms with Crippen molar-refractivity contribution in [3.63, 3.8) is 0 Å². The fraction of sp³-hybridized carbons (Fsp3) is 0.273. The first-order chi connectivity index (χ1) is 14.8. The van der Waals surface area contributed by atoms with Gasteiger partial charge in [-0.3, -0.25) is 10.1 Å². The molecule has 1 aromatic heterocycles. The van der Waals surface area contributed by atoms with Crippen LogP contribution in [0.25, 0.3) is 11.3 Å². The summed E-state index contributed by atoms with van der Waals surface area (Å²) in [5.74, 6) is 0.827. The van der Waals surface area contributed by atoms with Gasteiger partial charge in [0.15, 0.2) is 15.0 Å². The molecule has 0 radical (unpaired) electrons. The lowest BCUT2D eigenvalue weighted by atomic mass is 10.1. The number of carbonyl (C=O) groups excluding carboxylic acids is 1. The number of aryl methyl sites for hydroxylation is 1. The molecule has 1 amide bonds. The summed E-state index contributed by atoms with van der Waals surface area (Å²) in [6, 6.07) is 13.1. The van der Waals surface area contributed by atoms with Gasteiger partial charge < -0.3 is 4.74 Å². The number of thiazole rings is 1. The highest BCUT2D eigenvalue weighted by molar-refractivity contribution is 8.02. The molecule has 0 spiro atoms.